The van der Waals surface area contributed by atoms with Gasteiger partial charge in [-0.2, -0.15) is 0 Å². The van der Waals surface area contributed by atoms with Crippen molar-refractivity contribution in [1.29, 1.82) is 0 Å². The lowest BCUT2D eigenvalue weighted by atomic mass is 10.2. The van der Waals surface area contributed by atoms with E-state index in [1.807, 2.05) is 12.1 Å². The van der Waals surface area contributed by atoms with Gasteiger partial charge >= 0.3 is 0 Å². The van der Waals surface area contributed by atoms with Crippen LogP contribution in [-0.4, -0.2) is 4.98 Å². The lowest BCUT2D eigenvalue weighted by Crippen LogP contribution is -1.75. The van der Waals surface area contributed by atoms with Gasteiger partial charge in [0.1, 0.15) is 6.26 Å². The van der Waals surface area contributed by atoms with Gasteiger partial charge in [0.2, 0.25) is 0 Å². The van der Waals surface area contributed by atoms with Gasteiger partial charge in [0.15, 0.2) is 0 Å². The van der Waals surface area contributed by atoms with Gasteiger partial charge in [0.25, 0.3) is 0 Å². The van der Waals surface area contributed by atoms with E-state index in [4.69, 9.17) is 4.42 Å². The van der Waals surface area contributed by atoms with E-state index in [-0.39, 0.29) is 0 Å². The standard InChI is InChI=1S/C9H6BrNO/c10-9-6-12-5-8(9)7-2-1-3-11-4-7/h1-6H. The maximum absolute atomic E-state index is 5.03. The average molecular weight is 224 g/mol. The van der Waals surface area contributed by atoms with Crippen LogP contribution in [0.3, 0.4) is 0 Å². The first-order valence-electron chi connectivity index (χ1n) is 3.50. The Morgan fingerprint density at radius 2 is 2.25 bits per heavy atom. The van der Waals surface area contributed by atoms with Crippen LogP contribution >= 0.6 is 15.9 Å². The second-order valence-corrected chi connectivity index (χ2v) is 3.23. The fourth-order valence-corrected chi connectivity index (χ4v) is 1.44. The third-order valence-electron chi connectivity index (χ3n) is 1.59. The normalized spacial score (nSPS) is 10.1. The monoisotopic (exact) mass is 223 g/mol. The summed E-state index contributed by atoms with van der Waals surface area (Å²) in [5.41, 5.74) is 2.08. The second kappa shape index (κ2) is 3.11. The molecule has 2 heterocycles. The first-order chi connectivity index (χ1) is 5.88. The molecule has 0 atom stereocenters. The molecule has 0 N–H and O–H groups in total. The number of aromatic nitrogens is 1. The maximum atomic E-state index is 5.03. The van der Waals surface area contributed by atoms with Crippen LogP contribution < -0.4 is 0 Å². The van der Waals surface area contributed by atoms with Crippen LogP contribution in [0.5, 0.6) is 0 Å². The molecular weight excluding hydrogens is 218 g/mol. The molecule has 0 unspecified atom stereocenters. The highest BCUT2D eigenvalue weighted by molar-refractivity contribution is 9.10. The van der Waals surface area contributed by atoms with Gasteiger partial charge in [0, 0.05) is 23.5 Å². The minimum atomic E-state index is 0.954. The molecule has 0 aromatic carbocycles. The molecule has 0 amide bonds. The summed E-state index contributed by atoms with van der Waals surface area (Å²) >= 11 is 3.38. The third-order valence-corrected chi connectivity index (χ3v) is 2.20. The van der Waals surface area contributed by atoms with Crippen LogP contribution in [-0.2, 0) is 0 Å². The summed E-state index contributed by atoms with van der Waals surface area (Å²) in [5, 5.41) is 0. The van der Waals surface area contributed by atoms with E-state index >= 15 is 0 Å². The Balaban J connectivity index is 2.51. The molecule has 2 nitrogen and oxygen atoms in total. The fraction of sp³-hybridized carbons (Fsp3) is 0. The number of rotatable bonds is 1. The topological polar surface area (TPSA) is 26.0 Å². The highest BCUT2D eigenvalue weighted by Crippen LogP contribution is 2.27. The van der Waals surface area contributed by atoms with Crippen molar-refractivity contribution in [2.45, 2.75) is 0 Å². The third kappa shape index (κ3) is 1.28. The van der Waals surface area contributed by atoms with Crippen molar-refractivity contribution in [3.8, 4) is 11.1 Å². The van der Waals surface area contributed by atoms with Crippen molar-refractivity contribution in [2.75, 3.05) is 0 Å². The lowest BCUT2D eigenvalue weighted by molar-refractivity contribution is 0.566. The SMILES string of the molecule is Brc1cocc1-c1cccnc1. The van der Waals surface area contributed by atoms with Crippen molar-refractivity contribution in [3.05, 3.63) is 41.5 Å². The number of hydrogen-bond acceptors (Lipinski definition) is 2. The quantitative estimate of drug-likeness (QED) is 0.743. The molecule has 2 aromatic heterocycles. The Labute approximate surface area is 78.4 Å². The molecule has 2 aromatic rings. The number of nitrogens with zero attached hydrogens (tertiary/aromatic N) is 1. The summed E-state index contributed by atoms with van der Waals surface area (Å²) in [7, 11) is 0. The minimum Gasteiger partial charge on any atom is -0.471 e. The highest BCUT2D eigenvalue weighted by Gasteiger charge is 2.03. The van der Waals surface area contributed by atoms with E-state index in [1.54, 1.807) is 24.9 Å². The average Bonchev–Trinajstić information content (AvgIpc) is 2.53. The van der Waals surface area contributed by atoms with E-state index in [0.717, 1.165) is 15.6 Å². The summed E-state index contributed by atoms with van der Waals surface area (Å²) in [6, 6.07) is 3.89. The summed E-state index contributed by atoms with van der Waals surface area (Å²) in [6.07, 6.45) is 6.90. The molecule has 0 aliphatic rings. The molecule has 3 heteroatoms. The van der Waals surface area contributed by atoms with Gasteiger partial charge in [-0.3, -0.25) is 4.98 Å². The number of halogens is 1. The minimum absolute atomic E-state index is 0.954. The number of furan rings is 1. The van der Waals surface area contributed by atoms with Crippen molar-refractivity contribution in [3.63, 3.8) is 0 Å². The second-order valence-electron chi connectivity index (χ2n) is 2.38. The Kier molecular flexibility index (Phi) is 1.96. The van der Waals surface area contributed by atoms with Crippen LogP contribution in [0.2, 0.25) is 0 Å². The summed E-state index contributed by atoms with van der Waals surface area (Å²) in [6.45, 7) is 0. The lowest BCUT2D eigenvalue weighted by Gasteiger charge is -1.94. The molecule has 0 fully saturated rings. The molecule has 0 aliphatic carbocycles. The van der Waals surface area contributed by atoms with Gasteiger partial charge in [-0.25, -0.2) is 0 Å². The van der Waals surface area contributed by atoms with Gasteiger partial charge in [0.05, 0.1) is 10.7 Å². The summed E-state index contributed by atoms with van der Waals surface area (Å²) in [5.74, 6) is 0. The van der Waals surface area contributed by atoms with Crippen LogP contribution in [0.25, 0.3) is 11.1 Å². The molecule has 12 heavy (non-hydrogen) atoms. The molecule has 60 valence electrons. The van der Waals surface area contributed by atoms with Crippen molar-refractivity contribution >= 4 is 15.9 Å². The molecular formula is C9H6BrNO. The molecule has 0 saturated heterocycles. The molecule has 0 bridgehead atoms. The van der Waals surface area contributed by atoms with Gasteiger partial charge in [-0.1, -0.05) is 6.07 Å². The largest absolute Gasteiger partial charge is 0.471 e. The van der Waals surface area contributed by atoms with Crippen LogP contribution in [0.15, 0.2) is 45.9 Å². The first-order valence-corrected chi connectivity index (χ1v) is 4.29. The first kappa shape index (κ1) is 7.55. The van der Waals surface area contributed by atoms with Crippen molar-refractivity contribution in [2.24, 2.45) is 0 Å². The molecule has 0 radical (unpaired) electrons. The maximum Gasteiger partial charge on any atom is 0.105 e. The number of pyridine rings is 1. The summed E-state index contributed by atoms with van der Waals surface area (Å²) < 4.78 is 5.98. The smallest absolute Gasteiger partial charge is 0.105 e. The van der Waals surface area contributed by atoms with Gasteiger partial charge < -0.3 is 4.42 Å². The zero-order chi connectivity index (χ0) is 8.39. The Bertz CT molecular complexity index is 369. The fourth-order valence-electron chi connectivity index (χ4n) is 1.01. The van der Waals surface area contributed by atoms with Gasteiger partial charge in [-0.05, 0) is 22.0 Å². The Hall–Kier alpha value is -1.09. The molecule has 0 saturated carbocycles. The van der Waals surface area contributed by atoms with Crippen LogP contribution in [0.1, 0.15) is 0 Å². The van der Waals surface area contributed by atoms with Crippen LogP contribution in [0.4, 0.5) is 0 Å². The van der Waals surface area contributed by atoms with E-state index in [0.29, 0.717) is 0 Å². The predicted molar refractivity (Wildman–Crippen MR) is 49.6 cm³/mol. The van der Waals surface area contributed by atoms with E-state index in [9.17, 15) is 0 Å². The van der Waals surface area contributed by atoms with E-state index in [1.165, 1.54) is 0 Å². The zero-order valence-electron chi connectivity index (χ0n) is 6.20. The Morgan fingerprint density at radius 3 is 2.83 bits per heavy atom. The Morgan fingerprint density at radius 1 is 1.33 bits per heavy atom. The molecule has 2 rings (SSSR count). The predicted octanol–water partition coefficient (Wildman–Crippen LogP) is 3.10. The van der Waals surface area contributed by atoms with Crippen molar-refractivity contribution in [1.82, 2.24) is 4.98 Å². The molecule has 0 aliphatic heterocycles. The van der Waals surface area contributed by atoms with E-state index in [2.05, 4.69) is 20.9 Å². The highest BCUT2D eigenvalue weighted by atomic mass is 79.9. The number of hydrogen-bond donors (Lipinski definition) is 0. The van der Waals surface area contributed by atoms with Crippen LogP contribution in [0, 0.1) is 0 Å². The van der Waals surface area contributed by atoms with E-state index < -0.39 is 0 Å². The van der Waals surface area contributed by atoms with Crippen molar-refractivity contribution < 1.29 is 4.42 Å². The molecule has 0 spiro atoms. The zero-order valence-corrected chi connectivity index (χ0v) is 7.78. The summed E-state index contributed by atoms with van der Waals surface area (Å²) in [4.78, 5) is 4.02. The van der Waals surface area contributed by atoms with Gasteiger partial charge in [-0.15, -0.1) is 0 Å².